The fourth-order valence-electron chi connectivity index (χ4n) is 3.28. The standard InChI is InChI=1S/C17H22N2O4/c1-5-10-6-13-16(23-4)18-12-8-15(22-3)14(21-2)7-11(12)17(20)19(13)9-10/h5,7-8,13,16,18H,6,9H2,1-4H3/b10-5+. The van der Waals surface area contributed by atoms with Crippen LogP contribution in [0, 0.1) is 0 Å². The van der Waals surface area contributed by atoms with Crippen LogP contribution in [0.15, 0.2) is 23.8 Å². The van der Waals surface area contributed by atoms with Crippen molar-refractivity contribution >= 4 is 11.6 Å². The van der Waals surface area contributed by atoms with Crippen molar-refractivity contribution in [3.05, 3.63) is 29.3 Å². The molecule has 0 aromatic heterocycles. The van der Waals surface area contributed by atoms with Crippen LogP contribution in [0.25, 0.3) is 0 Å². The highest BCUT2D eigenvalue weighted by Crippen LogP contribution is 2.39. The maximum absolute atomic E-state index is 13.0. The molecule has 124 valence electrons. The molecule has 0 saturated carbocycles. The van der Waals surface area contributed by atoms with Gasteiger partial charge in [-0.2, -0.15) is 0 Å². The van der Waals surface area contributed by atoms with Gasteiger partial charge in [-0.25, -0.2) is 0 Å². The lowest BCUT2D eigenvalue weighted by molar-refractivity contribution is 0.0420. The molecule has 2 aliphatic rings. The van der Waals surface area contributed by atoms with Crippen LogP contribution < -0.4 is 14.8 Å². The summed E-state index contributed by atoms with van der Waals surface area (Å²) in [6.45, 7) is 2.64. The Kier molecular flexibility index (Phi) is 4.17. The minimum atomic E-state index is -0.268. The molecule has 2 unspecified atom stereocenters. The largest absolute Gasteiger partial charge is 0.493 e. The predicted octanol–water partition coefficient (Wildman–Crippen LogP) is 2.26. The number of nitrogens with zero attached hydrogens (tertiary/aromatic N) is 1. The fraction of sp³-hybridized carbons (Fsp3) is 0.471. The molecule has 0 spiro atoms. The van der Waals surface area contributed by atoms with Crippen molar-refractivity contribution in [1.29, 1.82) is 0 Å². The minimum absolute atomic E-state index is 0.0187. The molecule has 2 atom stereocenters. The number of methoxy groups -OCH3 is 3. The smallest absolute Gasteiger partial charge is 0.256 e. The second kappa shape index (κ2) is 6.12. The van der Waals surface area contributed by atoms with Gasteiger partial charge < -0.3 is 24.4 Å². The maximum Gasteiger partial charge on any atom is 0.256 e. The molecule has 1 aromatic rings. The van der Waals surface area contributed by atoms with E-state index in [1.165, 1.54) is 5.57 Å². The zero-order valence-electron chi connectivity index (χ0n) is 13.9. The summed E-state index contributed by atoms with van der Waals surface area (Å²) in [4.78, 5) is 14.9. The first-order valence-corrected chi connectivity index (χ1v) is 7.63. The van der Waals surface area contributed by atoms with Crippen LogP contribution in [0.1, 0.15) is 23.7 Å². The van der Waals surface area contributed by atoms with E-state index in [2.05, 4.69) is 11.4 Å². The highest BCUT2D eigenvalue weighted by atomic mass is 16.5. The van der Waals surface area contributed by atoms with E-state index in [1.807, 2.05) is 11.8 Å². The quantitative estimate of drug-likeness (QED) is 0.866. The molecular formula is C17H22N2O4. The van der Waals surface area contributed by atoms with Crippen molar-refractivity contribution in [3.63, 3.8) is 0 Å². The molecule has 1 N–H and O–H groups in total. The second-order valence-electron chi connectivity index (χ2n) is 5.70. The number of carbonyl (C=O) groups is 1. The van der Waals surface area contributed by atoms with Crippen molar-refractivity contribution in [2.45, 2.75) is 25.6 Å². The Bertz CT molecular complexity index is 656. The Morgan fingerprint density at radius 3 is 2.52 bits per heavy atom. The topological polar surface area (TPSA) is 60.0 Å². The summed E-state index contributed by atoms with van der Waals surface area (Å²) in [5.74, 6) is 1.10. The van der Waals surface area contributed by atoms with Gasteiger partial charge in [0.25, 0.3) is 5.91 Å². The zero-order valence-corrected chi connectivity index (χ0v) is 13.9. The highest BCUT2D eigenvalue weighted by molar-refractivity contribution is 6.02. The Balaban J connectivity index is 2.09. The molecule has 0 bridgehead atoms. The lowest BCUT2D eigenvalue weighted by atomic mass is 10.1. The summed E-state index contributed by atoms with van der Waals surface area (Å²) < 4.78 is 16.3. The van der Waals surface area contributed by atoms with Gasteiger partial charge in [-0.3, -0.25) is 4.79 Å². The van der Waals surface area contributed by atoms with E-state index in [0.29, 0.717) is 29.3 Å². The number of ether oxygens (including phenoxy) is 3. The number of rotatable bonds is 3. The first-order valence-electron chi connectivity index (χ1n) is 7.63. The highest BCUT2D eigenvalue weighted by Gasteiger charge is 2.41. The van der Waals surface area contributed by atoms with Crippen LogP contribution in [0.5, 0.6) is 11.5 Å². The molecule has 6 nitrogen and oxygen atoms in total. The number of nitrogens with one attached hydrogen (secondary N) is 1. The number of benzene rings is 1. The van der Waals surface area contributed by atoms with Crippen molar-refractivity contribution in [3.8, 4) is 11.5 Å². The maximum atomic E-state index is 13.0. The van der Waals surface area contributed by atoms with Gasteiger partial charge in [0.05, 0.1) is 31.5 Å². The van der Waals surface area contributed by atoms with Gasteiger partial charge in [0.1, 0.15) is 6.23 Å². The third-order valence-electron chi connectivity index (χ3n) is 4.57. The summed E-state index contributed by atoms with van der Waals surface area (Å²) >= 11 is 0. The SMILES string of the molecule is C/C=C1\CC2C(OC)Nc3cc(OC)c(OC)cc3C(=O)N2C1. The number of amides is 1. The first-order chi connectivity index (χ1) is 11.1. The molecule has 6 heteroatoms. The van der Waals surface area contributed by atoms with Crippen LogP contribution >= 0.6 is 0 Å². The van der Waals surface area contributed by atoms with Crippen molar-refractivity contribution in [2.24, 2.45) is 0 Å². The molecule has 1 amide bonds. The van der Waals surface area contributed by atoms with Crippen LogP contribution in [-0.2, 0) is 4.74 Å². The number of hydrogen-bond acceptors (Lipinski definition) is 5. The lowest BCUT2D eigenvalue weighted by Crippen LogP contribution is -2.44. The molecule has 2 heterocycles. The number of fused-ring (bicyclic) bond motifs is 2. The van der Waals surface area contributed by atoms with Gasteiger partial charge >= 0.3 is 0 Å². The zero-order chi connectivity index (χ0) is 16.6. The second-order valence-corrected chi connectivity index (χ2v) is 5.70. The Morgan fingerprint density at radius 1 is 1.22 bits per heavy atom. The summed E-state index contributed by atoms with van der Waals surface area (Å²) in [7, 11) is 4.79. The van der Waals surface area contributed by atoms with E-state index in [-0.39, 0.29) is 18.2 Å². The van der Waals surface area contributed by atoms with Gasteiger partial charge in [-0.1, -0.05) is 11.6 Å². The van der Waals surface area contributed by atoms with Crippen LogP contribution in [-0.4, -0.2) is 51.0 Å². The number of allylic oxidation sites excluding steroid dienone is 1. The van der Waals surface area contributed by atoms with Gasteiger partial charge in [0, 0.05) is 19.7 Å². The summed E-state index contributed by atoms with van der Waals surface area (Å²) in [5.41, 5.74) is 2.52. The summed E-state index contributed by atoms with van der Waals surface area (Å²) in [6, 6.07) is 3.49. The third-order valence-corrected chi connectivity index (χ3v) is 4.57. The van der Waals surface area contributed by atoms with Crippen LogP contribution in [0.4, 0.5) is 5.69 Å². The lowest BCUT2D eigenvalue weighted by Gasteiger charge is -2.27. The molecule has 0 aliphatic carbocycles. The van der Waals surface area contributed by atoms with Crippen molar-refractivity contribution < 1.29 is 19.0 Å². The molecule has 1 fully saturated rings. The Hall–Kier alpha value is -2.21. The molecular weight excluding hydrogens is 296 g/mol. The molecule has 1 aromatic carbocycles. The number of anilines is 1. The number of hydrogen-bond donors (Lipinski definition) is 1. The van der Waals surface area contributed by atoms with Crippen LogP contribution in [0.3, 0.4) is 0 Å². The molecule has 1 saturated heterocycles. The van der Waals surface area contributed by atoms with Crippen molar-refractivity contribution in [2.75, 3.05) is 33.2 Å². The normalized spacial score (nSPS) is 24.8. The fourth-order valence-corrected chi connectivity index (χ4v) is 3.28. The summed E-state index contributed by atoms with van der Waals surface area (Å²) in [6.07, 6.45) is 2.62. The average molecular weight is 318 g/mol. The minimum Gasteiger partial charge on any atom is -0.493 e. The number of carbonyl (C=O) groups excluding carboxylic acids is 1. The van der Waals surface area contributed by atoms with E-state index < -0.39 is 0 Å². The van der Waals surface area contributed by atoms with E-state index in [0.717, 1.165) is 6.42 Å². The van der Waals surface area contributed by atoms with Crippen molar-refractivity contribution in [1.82, 2.24) is 4.90 Å². The third kappa shape index (κ3) is 2.53. The van der Waals surface area contributed by atoms with Gasteiger partial charge in [0.2, 0.25) is 0 Å². The molecule has 0 radical (unpaired) electrons. The van der Waals surface area contributed by atoms with E-state index in [1.54, 1.807) is 33.5 Å². The average Bonchev–Trinajstić information content (AvgIpc) is 2.98. The molecule has 3 rings (SSSR count). The van der Waals surface area contributed by atoms with E-state index in [4.69, 9.17) is 14.2 Å². The summed E-state index contributed by atoms with van der Waals surface area (Å²) in [5, 5.41) is 3.33. The predicted molar refractivity (Wildman–Crippen MR) is 87.2 cm³/mol. The Morgan fingerprint density at radius 2 is 1.91 bits per heavy atom. The van der Waals surface area contributed by atoms with Gasteiger partial charge in [-0.15, -0.1) is 0 Å². The Labute approximate surface area is 136 Å². The molecule has 23 heavy (non-hydrogen) atoms. The van der Waals surface area contributed by atoms with E-state index >= 15 is 0 Å². The molecule has 2 aliphatic heterocycles. The first kappa shape index (κ1) is 15.7. The van der Waals surface area contributed by atoms with E-state index in [9.17, 15) is 4.79 Å². The van der Waals surface area contributed by atoms with Gasteiger partial charge in [0.15, 0.2) is 11.5 Å². The monoisotopic (exact) mass is 318 g/mol. The van der Waals surface area contributed by atoms with Gasteiger partial charge in [-0.05, 0) is 19.4 Å². The van der Waals surface area contributed by atoms with Crippen LogP contribution in [0.2, 0.25) is 0 Å².